The van der Waals surface area contributed by atoms with E-state index in [-0.39, 0.29) is 18.6 Å². The number of nitrogens with one attached hydrogen (secondary N) is 1. The third kappa shape index (κ3) is 3.66. The van der Waals surface area contributed by atoms with Gasteiger partial charge in [0.05, 0.1) is 31.2 Å². The summed E-state index contributed by atoms with van der Waals surface area (Å²) in [6, 6.07) is 3.38. The number of carbonyl (C=O) groups is 1. The first kappa shape index (κ1) is 14.7. The number of likely N-dealkylation sites (tertiary alicyclic amines) is 1. The molecule has 0 aliphatic carbocycles. The molecule has 2 rings (SSSR count). The van der Waals surface area contributed by atoms with Crippen LogP contribution in [0.5, 0.6) is 0 Å². The van der Waals surface area contributed by atoms with Gasteiger partial charge in [0.1, 0.15) is 5.69 Å². The first-order valence-corrected chi connectivity index (χ1v) is 6.69. The number of rotatable bonds is 5. The van der Waals surface area contributed by atoms with Gasteiger partial charge >= 0.3 is 0 Å². The Labute approximate surface area is 117 Å². The Morgan fingerprint density at radius 3 is 2.80 bits per heavy atom. The minimum atomic E-state index is -0.0748. The summed E-state index contributed by atoms with van der Waals surface area (Å²) in [6.07, 6.45) is 3.23. The van der Waals surface area contributed by atoms with Gasteiger partial charge in [-0.05, 0) is 25.0 Å². The zero-order chi connectivity index (χ0) is 14.4. The normalized spacial score (nSPS) is 16.2. The van der Waals surface area contributed by atoms with Crippen LogP contribution in [-0.4, -0.2) is 53.3 Å². The predicted molar refractivity (Wildman–Crippen MR) is 74.0 cm³/mol. The maximum Gasteiger partial charge on any atom is 0.272 e. The summed E-state index contributed by atoms with van der Waals surface area (Å²) >= 11 is 0. The van der Waals surface area contributed by atoms with Gasteiger partial charge in [-0.15, -0.1) is 0 Å². The molecule has 2 heterocycles. The molecular weight excluding hydrogens is 260 g/mol. The molecule has 0 atom stereocenters. The summed E-state index contributed by atoms with van der Waals surface area (Å²) in [4.78, 5) is 18.1. The van der Waals surface area contributed by atoms with Crippen molar-refractivity contribution in [1.82, 2.24) is 9.88 Å². The van der Waals surface area contributed by atoms with Crippen molar-refractivity contribution in [3.8, 4) is 0 Å². The van der Waals surface area contributed by atoms with E-state index in [0.29, 0.717) is 31.1 Å². The number of amides is 1. The van der Waals surface area contributed by atoms with E-state index >= 15 is 0 Å². The molecule has 1 aliphatic rings. The molecule has 0 bridgehead atoms. The highest BCUT2D eigenvalue weighted by Gasteiger charge is 2.24. The topological polar surface area (TPSA) is 101 Å². The number of aliphatic hydroxyl groups is 1. The fourth-order valence-electron chi connectivity index (χ4n) is 2.21. The van der Waals surface area contributed by atoms with Crippen LogP contribution >= 0.6 is 0 Å². The first-order valence-electron chi connectivity index (χ1n) is 6.69. The van der Waals surface area contributed by atoms with Crippen molar-refractivity contribution in [1.29, 1.82) is 0 Å². The summed E-state index contributed by atoms with van der Waals surface area (Å²) in [5, 5.41) is 8.72. The van der Waals surface area contributed by atoms with Crippen molar-refractivity contribution in [3.05, 3.63) is 24.0 Å². The molecule has 1 amide bonds. The number of nitrogens with two attached hydrogens (primary N) is 1. The van der Waals surface area contributed by atoms with Gasteiger partial charge in [-0.1, -0.05) is 0 Å². The summed E-state index contributed by atoms with van der Waals surface area (Å²) in [6.45, 7) is 1.68. The van der Waals surface area contributed by atoms with Crippen LogP contribution in [0.15, 0.2) is 18.3 Å². The van der Waals surface area contributed by atoms with E-state index in [1.807, 2.05) is 0 Å². The van der Waals surface area contributed by atoms with Crippen LogP contribution in [0.4, 0.5) is 5.69 Å². The maximum atomic E-state index is 12.3. The highest BCUT2D eigenvalue weighted by molar-refractivity contribution is 5.92. The molecule has 0 aromatic carbocycles. The summed E-state index contributed by atoms with van der Waals surface area (Å²) < 4.78 is 5.47. The molecule has 1 saturated heterocycles. The standard InChI is InChI=1S/C13H20N4O3/c14-16-10-1-2-12(15-9-10)13(19)17-5-3-11(4-6-17)20-8-7-18/h1-2,9,11,16,18H,3-8,14H2. The molecule has 0 unspecified atom stereocenters. The van der Waals surface area contributed by atoms with Gasteiger partial charge < -0.3 is 20.2 Å². The summed E-state index contributed by atoms with van der Waals surface area (Å²) in [5.74, 6) is 5.18. The molecule has 4 N–H and O–H groups in total. The minimum absolute atomic E-state index is 0.0323. The SMILES string of the molecule is NNc1ccc(C(=O)N2CCC(OCCO)CC2)nc1. The lowest BCUT2D eigenvalue weighted by Crippen LogP contribution is -2.41. The van der Waals surface area contributed by atoms with Crippen LogP contribution in [-0.2, 0) is 4.74 Å². The third-order valence-corrected chi connectivity index (χ3v) is 3.32. The van der Waals surface area contributed by atoms with Crippen LogP contribution < -0.4 is 11.3 Å². The molecular formula is C13H20N4O3. The Morgan fingerprint density at radius 1 is 1.50 bits per heavy atom. The Bertz CT molecular complexity index is 430. The van der Waals surface area contributed by atoms with Gasteiger partial charge in [-0.3, -0.25) is 10.6 Å². The molecule has 0 spiro atoms. The van der Waals surface area contributed by atoms with E-state index in [1.54, 1.807) is 17.0 Å². The monoisotopic (exact) mass is 280 g/mol. The van der Waals surface area contributed by atoms with E-state index in [2.05, 4.69) is 10.4 Å². The number of pyridine rings is 1. The molecule has 1 aromatic rings. The molecule has 1 aliphatic heterocycles. The quantitative estimate of drug-likeness (QED) is 0.518. The third-order valence-electron chi connectivity index (χ3n) is 3.32. The van der Waals surface area contributed by atoms with Gasteiger partial charge in [-0.25, -0.2) is 4.98 Å². The first-order chi connectivity index (χ1) is 9.74. The second kappa shape index (κ2) is 7.18. The zero-order valence-corrected chi connectivity index (χ0v) is 11.3. The second-order valence-electron chi connectivity index (χ2n) is 4.66. The predicted octanol–water partition coefficient (Wildman–Crippen LogP) is -0.0193. The number of aromatic nitrogens is 1. The molecule has 7 nitrogen and oxygen atoms in total. The highest BCUT2D eigenvalue weighted by atomic mass is 16.5. The van der Waals surface area contributed by atoms with E-state index in [9.17, 15) is 4.79 Å². The average molecular weight is 280 g/mol. The van der Waals surface area contributed by atoms with Crippen molar-refractivity contribution in [2.75, 3.05) is 31.7 Å². The molecule has 1 fully saturated rings. The van der Waals surface area contributed by atoms with Crippen LogP contribution in [0.2, 0.25) is 0 Å². The van der Waals surface area contributed by atoms with Gasteiger partial charge in [-0.2, -0.15) is 0 Å². The number of anilines is 1. The van der Waals surface area contributed by atoms with Crippen molar-refractivity contribution in [2.45, 2.75) is 18.9 Å². The largest absolute Gasteiger partial charge is 0.394 e. The number of ether oxygens (including phenoxy) is 1. The van der Waals surface area contributed by atoms with Crippen LogP contribution in [0.3, 0.4) is 0 Å². The van der Waals surface area contributed by atoms with Crippen LogP contribution in [0, 0.1) is 0 Å². The number of carbonyl (C=O) groups excluding carboxylic acids is 1. The molecule has 1 aromatic heterocycles. The molecule has 20 heavy (non-hydrogen) atoms. The Kier molecular flexibility index (Phi) is 5.28. The minimum Gasteiger partial charge on any atom is -0.394 e. The Morgan fingerprint density at radius 2 is 2.25 bits per heavy atom. The lowest BCUT2D eigenvalue weighted by Gasteiger charge is -2.31. The van der Waals surface area contributed by atoms with E-state index in [4.69, 9.17) is 15.7 Å². The summed E-state index contributed by atoms with van der Waals surface area (Å²) in [7, 11) is 0. The zero-order valence-electron chi connectivity index (χ0n) is 11.3. The smallest absolute Gasteiger partial charge is 0.272 e. The van der Waals surface area contributed by atoms with Gasteiger partial charge in [0.2, 0.25) is 0 Å². The highest BCUT2D eigenvalue weighted by Crippen LogP contribution is 2.16. The van der Waals surface area contributed by atoms with Gasteiger partial charge in [0.15, 0.2) is 0 Å². The van der Waals surface area contributed by atoms with Crippen molar-refractivity contribution in [2.24, 2.45) is 5.84 Å². The number of hydrogen-bond acceptors (Lipinski definition) is 6. The molecule has 0 saturated carbocycles. The number of piperidine rings is 1. The number of aliphatic hydroxyl groups excluding tert-OH is 1. The van der Waals surface area contributed by atoms with Crippen molar-refractivity contribution < 1.29 is 14.6 Å². The summed E-state index contributed by atoms with van der Waals surface area (Å²) in [5.41, 5.74) is 3.55. The maximum absolute atomic E-state index is 12.3. The number of hydrazine groups is 1. The van der Waals surface area contributed by atoms with E-state index < -0.39 is 0 Å². The lowest BCUT2D eigenvalue weighted by atomic mass is 10.1. The molecule has 0 radical (unpaired) electrons. The van der Waals surface area contributed by atoms with Gasteiger partial charge in [0, 0.05) is 13.1 Å². The van der Waals surface area contributed by atoms with E-state index in [1.165, 1.54) is 6.20 Å². The van der Waals surface area contributed by atoms with E-state index in [0.717, 1.165) is 12.8 Å². The number of nitrogen functional groups attached to an aromatic ring is 1. The van der Waals surface area contributed by atoms with Gasteiger partial charge in [0.25, 0.3) is 5.91 Å². The Balaban J connectivity index is 1.87. The fourth-order valence-corrected chi connectivity index (χ4v) is 2.21. The fraction of sp³-hybridized carbons (Fsp3) is 0.538. The molecule has 110 valence electrons. The van der Waals surface area contributed by atoms with Crippen LogP contribution in [0.1, 0.15) is 23.3 Å². The number of hydrogen-bond donors (Lipinski definition) is 3. The van der Waals surface area contributed by atoms with Crippen LogP contribution in [0.25, 0.3) is 0 Å². The number of nitrogens with zero attached hydrogens (tertiary/aromatic N) is 2. The second-order valence-corrected chi connectivity index (χ2v) is 4.66. The average Bonchev–Trinajstić information content (AvgIpc) is 2.53. The van der Waals surface area contributed by atoms with Crippen molar-refractivity contribution in [3.63, 3.8) is 0 Å². The molecule has 7 heteroatoms. The van der Waals surface area contributed by atoms with Crippen molar-refractivity contribution >= 4 is 11.6 Å². The lowest BCUT2D eigenvalue weighted by molar-refractivity contribution is -0.00564. The Hall–Kier alpha value is -1.70.